The fraction of sp³-hybridized carbons (Fsp3) is 0.0952. The number of halogens is 6. The molecule has 0 amide bonds. The average molecular weight is 699 g/mol. The van der Waals surface area contributed by atoms with Gasteiger partial charge in [0, 0.05) is 32.9 Å². The second-order valence-electron chi connectivity index (χ2n) is 12.8. The van der Waals surface area contributed by atoms with Crippen LogP contribution in [0.15, 0.2) is 109 Å². The Balaban J connectivity index is 1.39. The minimum Gasteiger partial charge on any atom is -0.309 e. The molecule has 0 aliphatic carbocycles. The van der Waals surface area contributed by atoms with Crippen molar-refractivity contribution >= 4 is 49.3 Å². The highest BCUT2D eigenvalue weighted by molar-refractivity contribution is 6.11. The standard InChI is InChI=1S/C42H24F6N4/c1-23-4-12-37-32(16-23)33-17-24(2)5-13-38(33)51(37)28-9-6-25(22-49)30(20-28)31-21-29(10-11-36(31)50-3)52-39-14-7-26(41(43,44)45)18-34(39)35-19-27(42(46,47)48)8-15-40(35)52/h4-21H,1-2H3. The topological polar surface area (TPSA) is 38.0 Å². The highest BCUT2D eigenvalue weighted by Gasteiger charge is 2.33. The smallest absolute Gasteiger partial charge is 0.309 e. The predicted octanol–water partition coefficient (Wildman–Crippen LogP) is 12.6. The quantitative estimate of drug-likeness (QED) is 0.134. The fourth-order valence-corrected chi connectivity index (χ4v) is 7.15. The summed E-state index contributed by atoms with van der Waals surface area (Å²) >= 11 is 0. The minimum absolute atomic E-state index is 0.0109. The first-order chi connectivity index (χ1) is 24.8. The molecule has 6 aromatic carbocycles. The van der Waals surface area contributed by atoms with Gasteiger partial charge in [0.1, 0.15) is 0 Å². The van der Waals surface area contributed by atoms with E-state index in [1.807, 2.05) is 50.2 Å². The molecule has 2 heterocycles. The van der Waals surface area contributed by atoms with E-state index in [9.17, 15) is 31.6 Å². The van der Waals surface area contributed by atoms with E-state index in [0.29, 0.717) is 16.8 Å². The first kappa shape index (κ1) is 32.7. The van der Waals surface area contributed by atoms with Gasteiger partial charge in [-0.1, -0.05) is 29.3 Å². The van der Waals surface area contributed by atoms with Crippen molar-refractivity contribution in [2.24, 2.45) is 0 Å². The highest BCUT2D eigenvalue weighted by atomic mass is 19.4. The zero-order valence-electron chi connectivity index (χ0n) is 27.4. The summed E-state index contributed by atoms with van der Waals surface area (Å²) in [7, 11) is 0. The van der Waals surface area contributed by atoms with Crippen molar-refractivity contribution in [1.29, 1.82) is 5.26 Å². The SMILES string of the molecule is [C-]#[N+]c1ccc(-n2c3ccc(C(F)(F)F)cc3c3cc(C(F)(F)F)ccc32)cc1-c1cc(-n2c3ccc(C)cc3c3cc(C)ccc32)ccc1C#N. The summed E-state index contributed by atoms with van der Waals surface area (Å²) in [4.78, 5) is 3.73. The van der Waals surface area contributed by atoms with E-state index >= 15 is 0 Å². The van der Waals surface area contributed by atoms with Crippen LogP contribution in [0.25, 0.3) is 71.0 Å². The Morgan fingerprint density at radius 3 is 1.40 bits per heavy atom. The molecule has 4 nitrogen and oxygen atoms in total. The van der Waals surface area contributed by atoms with Crippen LogP contribution in [0.5, 0.6) is 0 Å². The molecule has 0 spiro atoms. The van der Waals surface area contributed by atoms with Gasteiger partial charge in [0.05, 0.1) is 51.4 Å². The monoisotopic (exact) mass is 698 g/mol. The van der Waals surface area contributed by atoms with Crippen LogP contribution >= 0.6 is 0 Å². The summed E-state index contributed by atoms with van der Waals surface area (Å²) in [6.07, 6.45) is -9.44. The van der Waals surface area contributed by atoms with Crippen LogP contribution in [-0.2, 0) is 12.4 Å². The number of hydrogen-bond acceptors (Lipinski definition) is 1. The van der Waals surface area contributed by atoms with Gasteiger partial charge < -0.3 is 9.13 Å². The lowest BCUT2D eigenvalue weighted by atomic mass is 9.97. The van der Waals surface area contributed by atoms with Gasteiger partial charge in [0.15, 0.2) is 5.69 Å². The molecule has 254 valence electrons. The molecule has 0 aliphatic heterocycles. The number of fused-ring (bicyclic) bond motifs is 6. The van der Waals surface area contributed by atoms with Gasteiger partial charge in [-0.25, -0.2) is 4.85 Å². The van der Waals surface area contributed by atoms with Gasteiger partial charge in [0.25, 0.3) is 0 Å². The number of nitrogens with zero attached hydrogens (tertiary/aromatic N) is 4. The van der Waals surface area contributed by atoms with E-state index in [1.165, 1.54) is 12.1 Å². The van der Waals surface area contributed by atoms with Crippen LogP contribution in [0.3, 0.4) is 0 Å². The number of aryl methyl sites for hydroxylation is 2. The van der Waals surface area contributed by atoms with Gasteiger partial charge in [-0.05, 0) is 116 Å². The molecule has 0 fully saturated rings. The Morgan fingerprint density at radius 2 is 0.962 bits per heavy atom. The van der Waals surface area contributed by atoms with E-state index in [-0.39, 0.29) is 33.1 Å². The van der Waals surface area contributed by atoms with Crippen LogP contribution in [-0.4, -0.2) is 9.13 Å². The van der Waals surface area contributed by atoms with Crippen molar-refractivity contribution in [2.45, 2.75) is 26.2 Å². The molecule has 0 aliphatic rings. The predicted molar refractivity (Wildman–Crippen MR) is 191 cm³/mol. The van der Waals surface area contributed by atoms with Crippen LogP contribution in [0.1, 0.15) is 27.8 Å². The zero-order valence-corrected chi connectivity index (χ0v) is 27.4. The number of aromatic nitrogens is 2. The second-order valence-corrected chi connectivity index (χ2v) is 12.8. The molecule has 10 heteroatoms. The minimum atomic E-state index is -4.72. The Morgan fingerprint density at radius 1 is 0.538 bits per heavy atom. The lowest BCUT2D eigenvalue weighted by Crippen LogP contribution is -2.04. The Bertz CT molecular complexity index is 2740. The largest absolute Gasteiger partial charge is 0.416 e. The third-order valence-corrected chi connectivity index (χ3v) is 9.53. The Hall–Kier alpha value is -6.52. The highest BCUT2D eigenvalue weighted by Crippen LogP contribution is 2.43. The molecule has 2 aromatic heterocycles. The molecule has 0 atom stereocenters. The second kappa shape index (κ2) is 11.5. The first-order valence-electron chi connectivity index (χ1n) is 16.1. The molecule has 0 unspecified atom stereocenters. The lowest BCUT2D eigenvalue weighted by molar-refractivity contribution is -0.138. The number of alkyl halides is 6. The summed E-state index contributed by atoms with van der Waals surface area (Å²) in [5, 5.41) is 12.4. The van der Waals surface area contributed by atoms with Crippen molar-refractivity contribution < 1.29 is 26.3 Å². The molecule has 8 rings (SSSR count). The third kappa shape index (κ3) is 5.15. The molecule has 8 aromatic rings. The van der Waals surface area contributed by atoms with Gasteiger partial charge in [-0.3, -0.25) is 0 Å². The molecule has 0 N–H and O–H groups in total. The van der Waals surface area contributed by atoms with Crippen LogP contribution in [0, 0.1) is 31.8 Å². The average Bonchev–Trinajstić information content (AvgIpc) is 3.61. The maximum absolute atomic E-state index is 13.8. The van der Waals surface area contributed by atoms with E-state index in [0.717, 1.165) is 62.9 Å². The van der Waals surface area contributed by atoms with Gasteiger partial charge in [-0.2, -0.15) is 31.6 Å². The lowest BCUT2D eigenvalue weighted by Gasteiger charge is -2.15. The van der Waals surface area contributed by atoms with E-state index in [1.54, 1.807) is 28.8 Å². The first-order valence-corrected chi connectivity index (χ1v) is 16.1. The molecular formula is C42H24F6N4. The number of hydrogen-bond donors (Lipinski definition) is 0. The summed E-state index contributed by atoms with van der Waals surface area (Å²) in [6.45, 7) is 12.1. The van der Waals surface area contributed by atoms with E-state index in [2.05, 4.69) is 27.6 Å². The summed E-state index contributed by atoms with van der Waals surface area (Å²) in [5.41, 5.74) is 5.04. The molecule has 0 saturated carbocycles. The van der Waals surface area contributed by atoms with E-state index in [4.69, 9.17) is 6.57 Å². The number of nitriles is 1. The fourth-order valence-electron chi connectivity index (χ4n) is 7.15. The molecule has 0 radical (unpaired) electrons. The normalized spacial score (nSPS) is 12.2. The summed E-state index contributed by atoms with van der Waals surface area (Å²) < 4.78 is 86.5. The molecule has 52 heavy (non-hydrogen) atoms. The van der Waals surface area contributed by atoms with Crippen molar-refractivity contribution in [3.8, 4) is 28.6 Å². The van der Waals surface area contributed by atoms with Crippen molar-refractivity contribution in [1.82, 2.24) is 9.13 Å². The van der Waals surface area contributed by atoms with E-state index < -0.39 is 23.5 Å². The Kier molecular flexibility index (Phi) is 7.23. The summed E-state index contributed by atoms with van der Waals surface area (Å²) in [6, 6.07) is 30.7. The zero-order chi connectivity index (χ0) is 36.7. The van der Waals surface area contributed by atoms with Crippen molar-refractivity contribution in [2.75, 3.05) is 0 Å². The number of rotatable bonds is 3. The number of benzene rings is 6. The van der Waals surface area contributed by atoms with Crippen LogP contribution in [0.2, 0.25) is 0 Å². The molecule has 0 saturated heterocycles. The van der Waals surface area contributed by atoms with Crippen LogP contribution < -0.4 is 0 Å². The maximum Gasteiger partial charge on any atom is 0.416 e. The summed E-state index contributed by atoms with van der Waals surface area (Å²) in [5.74, 6) is 0. The molecule has 0 bridgehead atoms. The molecular weight excluding hydrogens is 674 g/mol. The van der Waals surface area contributed by atoms with Gasteiger partial charge in [-0.15, -0.1) is 0 Å². The van der Waals surface area contributed by atoms with Crippen LogP contribution in [0.4, 0.5) is 32.0 Å². The third-order valence-electron chi connectivity index (χ3n) is 9.53. The van der Waals surface area contributed by atoms with Crippen molar-refractivity contribution in [3.63, 3.8) is 0 Å². The maximum atomic E-state index is 13.8. The van der Waals surface area contributed by atoms with Gasteiger partial charge in [0.2, 0.25) is 0 Å². The van der Waals surface area contributed by atoms with Gasteiger partial charge >= 0.3 is 12.4 Å². The Labute approximate surface area is 292 Å². The van der Waals surface area contributed by atoms with Crippen molar-refractivity contribution in [3.05, 3.63) is 148 Å².